The minimum atomic E-state index is -3.05. The monoisotopic (exact) mass is 586 g/mol. The molecule has 2 bridgehead atoms. The maximum absolute atomic E-state index is 14.2. The first-order valence-electron chi connectivity index (χ1n) is 15.6. The van der Waals surface area contributed by atoms with E-state index in [1.807, 2.05) is 29.2 Å². The summed E-state index contributed by atoms with van der Waals surface area (Å²) in [6, 6.07) is 12.4. The van der Waals surface area contributed by atoms with Crippen LogP contribution in [-0.4, -0.2) is 47.3 Å². The highest BCUT2D eigenvalue weighted by molar-refractivity contribution is 7.91. The molecule has 3 saturated carbocycles. The van der Waals surface area contributed by atoms with E-state index in [1.165, 1.54) is 35.4 Å². The number of nitrogens with zero attached hydrogens (tertiary/aromatic N) is 4. The second-order valence-electron chi connectivity index (χ2n) is 13.6. The van der Waals surface area contributed by atoms with Crippen molar-refractivity contribution in [3.63, 3.8) is 0 Å². The second-order valence-corrected chi connectivity index (χ2v) is 15.9. The highest BCUT2D eigenvalue weighted by Gasteiger charge is 2.48. The summed E-state index contributed by atoms with van der Waals surface area (Å²) in [6.45, 7) is 0.653. The lowest BCUT2D eigenvalue weighted by molar-refractivity contribution is -0.123. The number of anilines is 1. The van der Waals surface area contributed by atoms with Crippen molar-refractivity contribution in [3.05, 3.63) is 59.1 Å². The molecule has 8 nitrogen and oxygen atoms in total. The van der Waals surface area contributed by atoms with E-state index in [0.717, 1.165) is 61.2 Å². The van der Waals surface area contributed by atoms with Crippen molar-refractivity contribution in [3.8, 4) is 11.3 Å². The zero-order valence-electron chi connectivity index (χ0n) is 24.2. The molecule has 1 amide bonds. The zero-order chi connectivity index (χ0) is 28.6. The number of hydrogen-bond donors (Lipinski definition) is 0. The predicted molar refractivity (Wildman–Crippen MR) is 161 cm³/mol. The summed E-state index contributed by atoms with van der Waals surface area (Å²) in [6.07, 6.45) is 9.65. The maximum Gasteiger partial charge on any atom is 0.230 e. The van der Waals surface area contributed by atoms with Crippen LogP contribution in [0.25, 0.3) is 16.8 Å². The lowest BCUT2D eigenvalue weighted by Gasteiger charge is -2.52. The molecular weight excluding hydrogens is 548 g/mol. The first kappa shape index (κ1) is 26.4. The Balaban J connectivity index is 1.07. The maximum atomic E-state index is 14.2. The van der Waals surface area contributed by atoms with Gasteiger partial charge in [0.1, 0.15) is 21.3 Å². The van der Waals surface area contributed by atoms with Crippen LogP contribution in [0.2, 0.25) is 0 Å². The van der Waals surface area contributed by atoms with E-state index >= 15 is 0 Å². The number of amides is 1. The van der Waals surface area contributed by atoms with Crippen molar-refractivity contribution in [2.75, 3.05) is 23.0 Å². The van der Waals surface area contributed by atoms with Crippen molar-refractivity contribution in [2.45, 2.75) is 76.0 Å². The molecule has 2 aromatic heterocycles. The van der Waals surface area contributed by atoms with Crippen LogP contribution in [0.15, 0.2) is 46.5 Å². The molecule has 0 radical (unpaired) electrons. The van der Waals surface area contributed by atoms with Crippen LogP contribution in [0.3, 0.4) is 0 Å². The van der Waals surface area contributed by atoms with Gasteiger partial charge in [-0.1, -0.05) is 22.9 Å². The Bertz CT molecular complexity index is 1690. The standard InChI is InChI=1S/C33H38N4O4S/c1-36-30(16-28(34-36)21-5-6-21)27-9-12-33(18-25(27)19-33)20-37(32(38)23-10-13-42(39,40)14-11-23)26-4-2-3-24(15-26)29-17-31(41-35-29)22-7-8-22/h2-4,15-17,21-23H,5-14,18-20H2,1H3. The van der Waals surface area contributed by atoms with E-state index in [-0.39, 0.29) is 28.7 Å². The van der Waals surface area contributed by atoms with Gasteiger partial charge in [0.05, 0.1) is 22.9 Å². The van der Waals surface area contributed by atoms with Gasteiger partial charge in [-0.3, -0.25) is 9.48 Å². The number of aromatic nitrogens is 3. The summed E-state index contributed by atoms with van der Waals surface area (Å²) < 4.78 is 32.0. The predicted octanol–water partition coefficient (Wildman–Crippen LogP) is 6.02. The van der Waals surface area contributed by atoms with E-state index in [0.29, 0.717) is 31.2 Å². The molecule has 0 N–H and O–H groups in total. The topological polar surface area (TPSA) is 98.3 Å². The Morgan fingerprint density at radius 3 is 2.50 bits per heavy atom. The van der Waals surface area contributed by atoms with E-state index in [2.05, 4.69) is 29.0 Å². The van der Waals surface area contributed by atoms with Gasteiger partial charge >= 0.3 is 0 Å². The SMILES string of the molecule is Cn1nc(C2CC2)cc1C1=C2CC(CN(C(=O)C3CCS(=O)(=O)CC3)c3cccc(-c4cc(C5CC5)on4)c3)(CC1)C2. The molecule has 1 aliphatic heterocycles. The molecule has 9 rings (SSSR count). The molecule has 9 heteroatoms. The summed E-state index contributed by atoms with van der Waals surface area (Å²) in [5, 5.41) is 9.15. The lowest BCUT2D eigenvalue weighted by atomic mass is 9.56. The number of benzene rings is 1. The minimum absolute atomic E-state index is 0.0518. The van der Waals surface area contributed by atoms with Gasteiger partial charge in [0.25, 0.3) is 0 Å². The molecule has 1 aromatic carbocycles. The largest absolute Gasteiger partial charge is 0.360 e. The van der Waals surface area contributed by atoms with Gasteiger partial charge in [0.2, 0.25) is 5.91 Å². The van der Waals surface area contributed by atoms with Gasteiger partial charge < -0.3 is 9.42 Å². The normalized spacial score (nSPS) is 23.1. The summed E-state index contributed by atoms with van der Waals surface area (Å²) in [7, 11) is -0.987. The van der Waals surface area contributed by atoms with Crippen molar-refractivity contribution in [2.24, 2.45) is 18.4 Å². The van der Waals surface area contributed by atoms with Crippen LogP contribution in [0, 0.1) is 11.3 Å². The molecule has 5 aliphatic carbocycles. The van der Waals surface area contributed by atoms with Gasteiger partial charge in [-0.15, -0.1) is 0 Å². The third-order valence-electron chi connectivity index (χ3n) is 10.3. The lowest BCUT2D eigenvalue weighted by Crippen LogP contribution is -2.50. The van der Waals surface area contributed by atoms with Gasteiger partial charge in [-0.25, -0.2) is 8.42 Å². The van der Waals surface area contributed by atoms with E-state index < -0.39 is 9.84 Å². The van der Waals surface area contributed by atoms with Crippen LogP contribution in [0.5, 0.6) is 0 Å². The van der Waals surface area contributed by atoms with Gasteiger partial charge in [-0.2, -0.15) is 5.10 Å². The summed E-state index contributed by atoms with van der Waals surface area (Å²) in [5.41, 5.74) is 8.11. The Morgan fingerprint density at radius 1 is 1.05 bits per heavy atom. The average molecular weight is 587 g/mol. The van der Waals surface area contributed by atoms with Crippen LogP contribution in [-0.2, 0) is 21.7 Å². The first-order chi connectivity index (χ1) is 20.3. The molecule has 0 spiro atoms. The second kappa shape index (κ2) is 9.66. The Labute approximate surface area is 247 Å². The number of allylic oxidation sites excluding steroid dienone is 2. The smallest absolute Gasteiger partial charge is 0.230 e. The molecule has 1 saturated heterocycles. The molecular formula is C33H38N4O4S. The number of sulfone groups is 1. The van der Waals surface area contributed by atoms with E-state index in [1.54, 1.807) is 0 Å². The van der Waals surface area contributed by atoms with Crippen molar-refractivity contribution >= 4 is 27.0 Å². The van der Waals surface area contributed by atoms with Crippen LogP contribution in [0.4, 0.5) is 5.69 Å². The minimum Gasteiger partial charge on any atom is -0.360 e. The zero-order valence-corrected chi connectivity index (χ0v) is 25.0. The molecule has 6 aliphatic rings. The Hall–Kier alpha value is -3.20. The number of carbonyl (C=O) groups excluding carboxylic acids is 1. The average Bonchev–Trinajstić information content (AvgIpc) is 3.91. The fraction of sp³-hybridized carbons (Fsp3) is 0.545. The van der Waals surface area contributed by atoms with Crippen LogP contribution in [0.1, 0.15) is 93.2 Å². The summed E-state index contributed by atoms with van der Waals surface area (Å²) >= 11 is 0. The number of aryl methyl sites for hydroxylation is 1. The Kier molecular flexibility index (Phi) is 6.08. The molecule has 3 aromatic rings. The summed E-state index contributed by atoms with van der Waals surface area (Å²) in [4.78, 5) is 16.1. The molecule has 4 fully saturated rings. The Morgan fingerprint density at radius 2 is 1.81 bits per heavy atom. The molecule has 220 valence electrons. The fourth-order valence-electron chi connectivity index (χ4n) is 7.47. The van der Waals surface area contributed by atoms with Crippen molar-refractivity contribution in [1.82, 2.24) is 14.9 Å². The third-order valence-corrected chi connectivity index (χ3v) is 12.1. The molecule has 0 unspecified atom stereocenters. The van der Waals surface area contributed by atoms with Crippen molar-refractivity contribution < 1.29 is 17.7 Å². The number of carbonyl (C=O) groups is 1. The summed E-state index contributed by atoms with van der Waals surface area (Å²) in [5.74, 6) is 2.03. The highest BCUT2D eigenvalue weighted by Crippen LogP contribution is 2.58. The number of rotatable bonds is 8. The number of hydrogen-bond acceptors (Lipinski definition) is 6. The molecule has 0 atom stereocenters. The van der Waals surface area contributed by atoms with Crippen molar-refractivity contribution in [1.29, 1.82) is 0 Å². The fourth-order valence-corrected chi connectivity index (χ4v) is 8.96. The van der Waals surface area contributed by atoms with Gasteiger partial charge in [-0.05, 0) is 93.4 Å². The highest BCUT2D eigenvalue weighted by atomic mass is 32.2. The van der Waals surface area contributed by atoms with Crippen LogP contribution >= 0.6 is 0 Å². The molecule has 42 heavy (non-hydrogen) atoms. The third kappa shape index (κ3) is 4.83. The number of fused-ring (bicyclic) bond motifs is 2. The van der Waals surface area contributed by atoms with E-state index in [9.17, 15) is 13.2 Å². The van der Waals surface area contributed by atoms with Gasteiger partial charge in [0, 0.05) is 48.7 Å². The van der Waals surface area contributed by atoms with Gasteiger partial charge in [0.15, 0.2) is 0 Å². The van der Waals surface area contributed by atoms with Crippen LogP contribution < -0.4 is 4.90 Å². The molecule has 3 heterocycles. The van der Waals surface area contributed by atoms with E-state index in [4.69, 9.17) is 9.62 Å². The first-order valence-corrected chi connectivity index (χ1v) is 17.4. The quantitative estimate of drug-likeness (QED) is 0.320.